The van der Waals surface area contributed by atoms with Crippen molar-refractivity contribution in [3.63, 3.8) is 0 Å². The van der Waals surface area contributed by atoms with Gasteiger partial charge < -0.3 is 10.2 Å². The minimum Gasteiger partial charge on any atom is -0.322 e. The number of sulfonamides is 1. The molecule has 1 aromatic carbocycles. The van der Waals surface area contributed by atoms with E-state index in [9.17, 15) is 13.2 Å². The highest BCUT2D eigenvalue weighted by atomic mass is 32.2. The van der Waals surface area contributed by atoms with Gasteiger partial charge in [0.05, 0.1) is 6.26 Å². The predicted molar refractivity (Wildman–Crippen MR) is 82.9 cm³/mol. The first-order valence-electron chi connectivity index (χ1n) is 6.85. The molecule has 1 aliphatic rings. The van der Waals surface area contributed by atoms with E-state index in [0.29, 0.717) is 26.2 Å². The van der Waals surface area contributed by atoms with Crippen molar-refractivity contribution >= 4 is 21.7 Å². The predicted octanol–water partition coefficient (Wildman–Crippen LogP) is 1.41. The monoisotopic (exact) mass is 311 g/mol. The molecular weight excluding hydrogens is 290 g/mol. The largest absolute Gasteiger partial charge is 0.322 e. The highest BCUT2D eigenvalue weighted by Crippen LogP contribution is 2.17. The molecule has 0 aromatic heterocycles. The third-order valence-electron chi connectivity index (χ3n) is 3.62. The van der Waals surface area contributed by atoms with E-state index in [1.54, 1.807) is 4.90 Å². The second-order valence-electron chi connectivity index (χ2n) is 5.40. The van der Waals surface area contributed by atoms with Gasteiger partial charge in [-0.15, -0.1) is 0 Å². The van der Waals surface area contributed by atoms with Crippen molar-refractivity contribution in [2.24, 2.45) is 0 Å². The highest BCUT2D eigenvalue weighted by molar-refractivity contribution is 7.88. The first-order valence-corrected chi connectivity index (χ1v) is 8.70. The van der Waals surface area contributed by atoms with Gasteiger partial charge in [0, 0.05) is 31.9 Å². The third-order valence-corrected chi connectivity index (χ3v) is 4.92. The lowest BCUT2D eigenvalue weighted by Gasteiger charge is -2.33. The van der Waals surface area contributed by atoms with Gasteiger partial charge in [-0.2, -0.15) is 4.31 Å². The molecule has 0 atom stereocenters. The lowest BCUT2D eigenvalue weighted by Crippen LogP contribution is -2.51. The minimum absolute atomic E-state index is 0.185. The smallest absolute Gasteiger partial charge is 0.321 e. The molecular formula is C14H21N3O3S. The Morgan fingerprint density at radius 1 is 1.14 bits per heavy atom. The van der Waals surface area contributed by atoms with Gasteiger partial charge in [0.2, 0.25) is 10.0 Å². The molecule has 1 aliphatic heterocycles. The maximum Gasteiger partial charge on any atom is 0.321 e. The van der Waals surface area contributed by atoms with Crippen molar-refractivity contribution in [2.75, 3.05) is 37.8 Å². The average molecular weight is 311 g/mol. The van der Waals surface area contributed by atoms with Gasteiger partial charge in [0.15, 0.2) is 0 Å². The fraction of sp³-hybridized carbons (Fsp3) is 0.500. The lowest BCUT2D eigenvalue weighted by molar-refractivity contribution is 0.184. The molecule has 0 unspecified atom stereocenters. The lowest BCUT2D eigenvalue weighted by atomic mass is 10.1. The van der Waals surface area contributed by atoms with Crippen LogP contribution in [0, 0.1) is 13.8 Å². The normalized spacial score (nSPS) is 16.8. The highest BCUT2D eigenvalue weighted by Gasteiger charge is 2.26. The first kappa shape index (κ1) is 15.8. The zero-order chi connectivity index (χ0) is 15.6. The van der Waals surface area contributed by atoms with Crippen LogP contribution in [-0.2, 0) is 10.0 Å². The van der Waals surface area contributed by atoms with Crippen molar-refractivity contribution in [3.8, 4) is 0 Å². The maximum atomic E-state index is 12.2. The summed E-state index contributed by atoms with van der Waals surface area (Å²) in [4.78, 5) is 13.8. The van der Waals surface area contributed by atoms with E-state index in [-0.39, 0.29) is 6.03 Å². The van der Waals surface area contributed by atoms with E-state index in [0.717, 1.165) is 16.8 Å². The second kappa shape index (κ2) is 6.03. The number of nitrogens with zero attached hydrogens (tertiary/aromatic N) is 2. The van der Waals surface area contributed by atoms with Crippen molar-refractivity contribution in [3.05, 3.63) is 29.3 Å². The van der Waals surface area contributed by atoms with E-state index in [1.165, 1.54) is 10.6 Å². The summed E-state index contributed by atoms with van der Waals surface area (Å²) < 4.78 is 24.3. The molecule has 0 spiro atoms. The van der Waals surface area contributed by atoms with Crippen molar-refractivity contribution in [1.82, 2.24) is 9.21 Å². The number of carbonyl (C=O) groups excluding carboxylic acids is 1. The van der Waals surface area contributed by atoms with Crippen LogP contribution in [0.5, 0.6) is 0 Å². The van der Waals surface area contributed by atoms with Crippen LogP contribution in [-0.4, -0.2) is 56.1 Å². The van der Waals surface area contributed by atoms with Gasteiger partial charge in [-0.05, 0) is 25.5 Å². The van der Waals surface area contributed by atoms with Crippen LogP contribution in [0.15, 0.2) is 18.2 Å². The molecule has 1 aromatic rings. The zero-order valence-electron chi connectivity index (χ0n) is 12.6. The summed E-state index contributed by atoms with van der Waals surface area (Å²) in [6, 6.07) is 5.66. The molecule has 116 valence electrons. The molecule has 1 N–H and O–H groups in total. The SMILES string of the molecule is Cc1ccc(NC(=O)N2CCN(S(C)(=O)=O)CC2)c(C)c1. The molecule has 0 bridgehead atoms. The molecule has 0 saturated carbocycles. The van der Waals surface area contributed by atoms with Gasteiger partial charge >= 0.3 is 6.03 Å². The van der Waals surface area contributed by atoms with Gasteiger partial charge in [-0.1, -0.05) is 17.7 Å². The molecule has 2 amide bonds. The number of aryl methyl sites for hydroxylation is 2. The molecule has 2 rings (SSSR count). The topological polar surface area (TPSA) is 69.7 Å². The quantitative estimate of drug-likeness (QED) is 0.898. The molecule has 6 nitrogen and oxygen atoms in total. The molecule has 0 aliphatic carbocycles. The maximum absolute atomic E-state index is 12.2. The van der Waals surface area contributed by atoms with Gasteiger partial charge in [0.25, 0.3) is 0 Å². The van der Waals surface area contributed by atoms with Crippen molar-refractivity contribution in [1.29, 1.82) is 0 Å². The van der Waals surface area contributed by atoms with E-state index < -0.39 is 10.0 Å². The fourth-order valence-electron chi connectivity index (χ4n) is 2.37. The van der Waals surface area contributed by atoms with Crippen LogP contribution in [0.25, 0.3) is 0 Å². The van der Waals surface area contributed by atoms with Gasteiger partial charge in [-0.25, -0.2) is 13.2 Å². The summed E-state index contributed by atoms with van der Waals surface area (Å²) >= 11 is 0. The minimum atomic E-state index is -3.17. The number of hydrogen-bond donors (Lipinski definition) is 1. The summed E-state index contributed by atoms with van der Waals surface area (Å²) in [7, 11) is -3.17. The van der Waals surface area contributed by atoms with Crippen LogP contribution in [0.1, 0.15) is 11.1 Å². The van der Waals surface area contributed by atoms with E-state index in [1.807, 2.05) is 32.0 Å². The Hall–Kier alpha value is -1.60. The summed E-state index contributed by atoms with van der Waals surface area (Å²) in [6.07, 6.45) is 1.19. The zero-order valence-corrected chi connectivity index (χ0v) is 13.4. The Kier molecular flexibility index (Phi) is 4.53. The Labute approximate surface area is 125 Å². The number of hydrogen-bond acceptors (Lipinski definition) is 3. The number of nitrogens with one attached hydrogen (secondary N) is 1. The van der Waals surface area contributed by atoms with Crippen molar-refractivity contribution < 1.29 is 13.2 Å². The molecule has 21 heavy (non-hydrogen) atoms. The van der Waals surface area contributed by atoms with Crippen LogP contribution in [0.3, 0.4) is 0 Å². The van der Waals surface area contributed by atoms with Gasteiger partial charge in [0.1, 0.15) is 0 Å². The molecule has 0 radical (unpaired) electrons. The third kappa shape index (κ3) is 3.95. The Balaban J connectivity index is 1.96. The van der Waals surface area contributed by atoms with Crippen LogP contribution in [0.4, 0.5) is 10.5 Å². The van der Waals surface area contributed by atoms with E-state index >= 15 is 0 Å². The van der Waals surface area contributed by atoms with Crippen LogP contribution in [0.2, 0.25) is 0 Å². The summed E-state index contributed by atoms with van der Waals surface area (Å²) in [5.41, 5.74) is 2.95. The van der Waals surface area contributed by atoms with Crippen LogP contribution >= 0.6 is 0 Å². The molecule has 1 saturated heterocycles. The number of rotatable bonds is 2. The number of anilines is 1. The van der Waals surface area contributed by atoms with E-state index in [4.69, 9.17) is 0 Å². The Morgan fingerprint density at radius 2 is 1.76 bits per heavy atom. The van der Waals surface area contributed by atoms with Crippen molar-refractivity contribution in [2.45, 2.75) is 13.8 Å². The van der Waals surface area contributed by atoms with E-state index in [2.05, 4.69) is 5.32 Å². The molecule has 1 heterocycles. The average Bonchev–Trinajstić information content (AvgIpc) is 2.41. The van der Waals surface area contributed by atoms with Gasteiger partial charge in [-0.3, -0.25) is 0 Å². The number of carbonyl (C=O) groups is 1. The number of urea groups is 1. The number of amides is 2. The Morgan fingerprint density at radius 3 is 2.29 bits per heavy atom. The summed E-state index contributed by atoms with van der Waals surface area (Å²) in [5.74, 6) is 0. The fourth-order valence-corrected chi connectivity index (χ4v) is 3.20. The summed E-state index contributed by atoms with van der Waals surface area (Å²) in [5, 5.41) is 2.88. The molecule has 1 fully saturated rings. The standard InChI is InChI=1S/C14H21N3O3S/c1-11-4-5-13(12(2)10-11)15-14(18)16-6-8-17(9-7-16)21(3,19)20/h4-5,10H,6-9H2,1-3H3,(H,15,18). The Bertz CT molecular complexity index is 635. The summed E-state index contributed by atoms with van der Waals surface area (Å²) in [6.45, 7) is 5.46. The first-order chi connectivity index (χ1) is 9.77. The molecule has 7 heteroatoms. The van der Waals surface area contributed by atoms with Crippen LogP contribution < -0.4 is 5.32 Å². The number of piperazine rings is 1. The second-order valence-corrected chi connectivity index (χ2v) is 7.38. The number of benzene rings is 1.